The van der Waals surface area contributed by atoms with Crippen molar-refractivity contribution in [2.75, 3.05) is 5.32 Å². The lowest BCUT2D eigenvalue weighted by Crippen LogP contribution is -2.17. The minimum Gasteiger partial charge on any atom is -0.301 e. The van der Waals surface area contributed by atoms with Crippen molar-refractivity contribution >= 4 is 28.3 Å². The van der Waals surface area contributed by atoms with Gasteiger partial charge in [-0.05, 0) is 18.4 Å². The molecule has 2 rings (SSSR count). The first-order valence-corrected chi connectivity index (χ1v) is 8.58. The molecule has 0 saturated carbocycles. The molecule has 1 aromatic carbocycles. The molecule has 0 aliphatic heterocycles. The van der Waals surface area contributed by atoms with Crippen LogP contribution in [-0.4, -0.2) is 27.2 Å². The van der Waals surface area contributed by atoms with E-state index in [0.29, 0.717) is 30.8 Å². The van der Waals surface area contributed by atoms with Crippen LogP contribution < -0.4 is 10.8 Å². The highest BCUT2D eigenvalue weighted by atomic mass is 32.1. The fraction of sp³-hybridized carbons (Fsp3) is 0.375. The maximum Gasteiger partial charge on any atom is 0.243 e. The number of hydrogen-bond acceptors (Lipinski definition) is 6. The van der Waals surface area contributed by atoms with E-state index in [9.17, 15) is 9.59 Å². The van der Waals surface area contributed by atoms with Crippen molar-refractivity contribution in [3.05, 3.63) is 40.9 Å². The molecule has 0 aliphatic rings. The number of nitrogens with one attached hydrogen (secondary N) is 2. The molecule has 8 heteroatoms. The van der Waals surface area contributed by atoms with E-state index in [1.54, 1.807) is 5.48 Å². The molecular weight excluding hydrogens is 328 g/mol. The van der Waals surface area contributed by atoms with Crippen LogP contribution in [0.2, 0.25) is 0 Å². The smallest absolute Gasteiger partial charge is 0.243 e. The first kappa shape index (κ1) is 18.0. The number of unbranched alkanes of at least 4 members (excludes halogenated alkanes) is 2. The lowest BCUT2D eigenvalue weighted by molar-refractivity contribution is -0.129. The molecule has 3 N–H and O–H groups in total. The predicted molar refractivity (Wildman–Crippen MR) is 90.8 cm³/mol. The van der Waals surface area contributed by atoms with E-state index >= 15 is 0 Å². The Bertz CT molecular complexity index is 660. The third kappa shape index (κ3) is 6.43. The standard InChI is InChI=1S/C16H20N4O3S/c21-13(9-5-2-6-10-14(22)20-23)17-16-19-18-15(24-16)11-12-7-3-1-4-8-12/h1,3-4,7-8,23H,2,5-6,9-11H2,(H,20,22)(H,17,19,21). The molecule has 2 aromatic rings. The van der Waals surface area contributed by atoms with Crippen molar-refractivity contribution in [1.82, 2.24) is 15.7 Å². The minimum absolute atomic E-state index is 0.107. The zero-order chi connectivity index (χ0) is 17.2. The molecule has 1 aromatic heterocycles. The van der Waals surface area contributed by atoms with Crippen molar-refractivity contribution in [3.8, 4) is 0 Å². The van der Waals surface area contributed by atoms with Crippen LogP contribution in [0.3, 0.4) is 0 Å². The molecule has 0 saturated heterocycles. The molecule has 0 spiro atoms. The molecule has 7 nitrogen and oxygen atoms in total. The summed E-state index contributed by atoms with van der Waals surface area (Å²) in [5.74, 6) is -0.511. The van der Waals surface area contributed by atoms with Gasteiger partial charge in [0.2, 0.25) is 16.9 Å². The minimum atomic E-state index is -0.403. The molecule has 2 amide bonds. The van der Waals surface area contributed by atoms with Crippen LogP contribution in [0.5, 0.6) is 0 Å². The van der Waals surface area contributed by atoms with Gasteiger partial charge in [0, 0.05) is 19.3 Å². The Balaban J connectivity index is 1.68. The van der Waals surface area contributed by atoms with Gasteiger partial charge in [0.15, 0.2) is 0 Å². The van der Waals surface area contributed by atoms with Crippen molar-refractivity contribution in [1.29, 1.82) is 0 Å². The van der Waals surface area contributed by atoms with Crippen LogP contribution in [0.25, 0.3) is 0 Å². The average Bonchev–Trinajstić information content (AvgIpc) is 3.02. The van der Waals surface area contributed by atoms with E-state index in [1.165, 1.54) is 11.3 Å². The predicted octanol–water partition coefficient (Wildman–Crippen LogP) is 2.52. The van der Waals surface area contributed by atoms with Crippen LogP contribution in [-0.2, 0) is 16.0 Å². The number of benzene rings is 1. The number of nitrogens with zero attached hydrogens (tertiary/aromatic N) is 2. The van der Waals surface area contributed by atoms with E-state index in [2.05, 4.69) is 15.5 Å². The zero-order valence-corrected chi connectivity index (χ0v) is 14.0. The molecule has 0 bridgehead atoms. The molecule has 0 aliphatic carbocycles. The quantitative estimate of drug-likeness (QED) is 0.367. The first-order chi connectivity index (χ1) is 11.7. The van der Waals surface area contributed by atoms with Crippen molar-refractivity contribution in [2.24, 2.45) is 0 Å². The second-order valence-electron chi connectivity index (χ2n) is 5.31. The van der Waals surface area contributed by atoms with Gasteiger partial charge in [-0.15, -0.1) is 10.2 Å². The Morgan fingerprint density at radius 1 is 1.00 bits per heavy atom. The molecule has 0 atom stereocenters. The number of aromatic nitrogens is 2. The van der Waals surface area contributed by atoms with E-state index in [-0.39, 0.29) is 12.3 Å². The van der Waals surface area contributed by atoms with Gasteiger partial charge in [-0.1, -0.05) is 48.1 Å². The van der Waals surface area contributed by atoms with Crippen molar-refractivity contribution in [2.45, 2.75) is 38.5 Å². The Hall–Kier alpha value is -2.32. The lowest BCUT2D eigenvalue weighted by Gasteiger charge is -2.01. The second-order valence-corrected chi connectivity index (χ2v) is 6.37. The molecule has 24 heavy (non-hydrogen) atoms. The van der Waals surface area contributed by atoms with Gasteiger partial charge < -0.3 is 5.32 Å². The number of anilines is 1. The highest BCUT2D eigenvalue weighted by Gasteiger charge is 2.09. The summed E-state index contributed by atoms with van der Waals surface area (Å²) in [5.41, 5.74) is 2.74. The van der Waals surface area contributed by atoms with Crippen molar-refractivity contribution in [3.63, 3.8) is 0 Å². The molecule has 1 heterocycles. The molecule has 0 radical (unpaired) electrons. The highest BCUT2D eigenvalue weighted by Crippen LogP contribution is 2.19. The number of hydrogen-bond donors (Lipinski definition) is 3. The van der Waals surface area contributed by atoms with E-state index in [0.717, 1.165) is 17.0 Å². The SMILES string of the molecule is O=C(CCCCCC(=O)Nc1nnc(Cc2ccccc2)s1)NO. The first-order valence-electron chi connectivity index (χ1n) is 7.76. The number of rotatable bonds is 9. The van der Waals surface area contributed by atoms with Crippen LogP contribution in [0.15, 0.2) is 30.3 Å². The third-order valence-electron chi connectivity index (χ3n) is 3.34. The van der Waals surface area contributed by atoms with E-state index in [1.807, 2.05) is 30.3 Å². The summed E-state index contributed by atoms with van der Waals surface area (Å²) < 4.78 is 0. The normalized spacial score (nSPS) is 10.4. The average molecular weight is 348 g/mol. The molecule has 0 unspecified atom stereocenters. The van der Waals surface area contributed by atoms with Gasteiger partial charge in [0.25, 0.3) is 0 Å². The van der Waals surface area contributed by atoms with Gasteiger partial charge in [-0.25, -0.2) is 5.48 Å². The lowest BCUT2D eigenvalue weighted by atomic mass is 10.1. The number of amides is 2. The largest absolute Gasteiger partial charge is 0.301 e. The fourth-order valence-electron chi connectivity index (χ4n) is 2.13. The van der Waals surface area contributed by atoms with Gasteiger partial charge >= 0.3 is 0 Å². The summed E-state index contributed by atoms with van der Waals surface area (Å²) >= 11 is 1.37. The van der Waals surface area contributed by atoms with Gasteiger partial charge in [-0.2, -0.15) is 0 Å². The summed E-state index contributed by atoms with van der Waals surface area (Å²) in [5, 5.41) is 20.5. The second kappa shape index (κ2) is 9.74. The summed E-state index contributed by atoms with van der Waals surface area (Å²) in [7, 11) is 0. The Labute approximate surface area is 144 Å². The van der Waals surface area contributed by atoms with E-state index in [4.69, 9.17) is 5.21 Å². The third-order valence-corrected chi connectivity index (χ3v) is 4.18. The summed E-state index contributed by atoms with van der Waals surface area (Å²) in [6, 6.07) is 9.96. The van der Waals surface area contributed by atoms with Gasteiger partial charge in [0.05, 0.1) is 0 Å². The zero-order valence-electron chi connectivity index (χ0n) is 13.2. The van der Waals surface area contributed by atoms with E-state index < -0.39 is 5.91 Å². The summed E-state index contributed by atoms with van der Waals surface area (Å²) in [4.78, 5) is 22.7. The Morgan fingerprint density at radius 2 is 1.71 bits per heavy atom. The Morgan fingerprint density at radius 3 is 2.42 bits per heavy atom. The summed E-state index contributed by atoms with van der Waals surface area (Å²) in [6.45, 7) is 0. The maximum atomic E-state index is 11.8. The molecule has 128 valence electrons. The molecular formula is C16H20N4O3S. The fourth-order valence-corrected chi connectivity index (χ4v) is 2.92. The van der Waals surface area contributed by atoms with Crippen LogP contribution in [0.1, 0.15) is 42.7 Å². The van der Waals surface area contributed by atoms with Crippen LogP contribution in [0, 0.1) is 0 Å². The van der Waals surface area contributed by atoms with Gasteiger partial charge in [-0.3, -0.25) is 14.8 Å². The highest BCUT2D eigenvalue weighted by molar-refractivity contribution is 7.15. The Kier molecular flexibility index (Phi) is 7.31. The monoisotopic (exact) mass is 348 g/mol. The number of carbonyl (C=O) groups excluding carboxylic acids is 2. The van der Waals surface area contributed by atoms with Gasteiger partial charge in [0.1, 0.15) is 5.01 Å². The number of carbonyl (C=O) groups is 2. The number of hydroxylamine groups is 1. The summed E-state index contributed by atoms with van der Waals surface area (Å²) in [6.07, 6.45) is 3.39. The van der Waals surface area contributed by atoms with Crippen LogP contribution in [0.4, 0.5) is 5.13 Å². The van der Waals surface area contributed by atoms with Crippen molar-refractivity contribution < 1.29 is 14.8 Å². The maximum absolute atomic E-state index is 11.8. The van der Waals surface area contributed by atoms with Crippen LogP contribution >= 0.6 is 11.3 Å². The topological polar surface area (TPSA) is 104 Å². The molecule has 0 fully saturated rings.